The van der Waals surface area contributed by atoms with Gasteiger partial charge in [-0.25, -0.2) is 9.97 Å². The number of aryl methyl sites for hydroxylation is 1. The van der Waals surface area contributed by atoms with E-state index in [1.807, 2.05) is 11.8 Å². The first-order valence-electron chi connectivity index (χ1n) is 7.94. The number of H-pyrrole nitrogens is 1. The standard InChI is InChI=1S/C16H20N6O2/c1-10-11(2)19-16(21-14(10)23)22-7-3-4-12(9-22)20-15(24)13-8-17-5-6-18-13/h5-6,8,12H,3-4,7,9H2,1-2H3,(H,20,24)(H,19,21,23)/t12-/m1/s1. The fourth-order valence-electron chi connectivity index (χ4n) is 2.74. The van der Waals surface area contributed by atoms with Crippen LogP contribution in [0.25, 0.3) is 0 Å². The van der Waals surface area contributed by atoms with Gasteiger partial charge in [-0.1, -0.05) is 0 Å². The minimum atomic E-state index is -0.239. The summed E-state index contributed by atoms with van der Waals surface area (Å²) in [5.41, 5.74) is 1.53. The van der Waals surface area contributed by atoms with Gasteiger partial charge in [0, 0.05) is 42.8 Å². The van der Waals surface area contributed by atoms with Gasteiger partial charge in [0.1, 0.15) is 5.69 Å². The second-order valence-electron chi connectivity index (χ2n) is 5.95. The van der Waals surface area contributed by atoms with Crippen molar-refractivity contribution in [2.75, 3.05) is 18.0 Å². The van der Waals surface area contributed by atoms with Crippen LogP contribution in [0.1, 0.15) is 34.6 Å². The maximum absolute atomic E-state index is 12.2. The van der Waals surface area contributed by atoms with Crippen LogP contribution >= 0.6 is 0 Å². The predicted molar refractivity (Wildman–Crippen MR) is 89.1 cm³/mol. The molecule has 1 aliphatic heterocycles. The van der Waals surface area contributed by atoms with Crippen molar-refractivity contribution in [3.63, 3.8) is 0 Å². The summed E-state index contributed by atoms with van der Waals surface area (Å²) in [7, 11) is 0. The van der Waals surface area contributed by atoms with Gasteiger partial charge < -0.3 is 10.2 Å². The third-order valence-corrected chi connectivity index (χ3v) is 4.23. The van der Waals surface area contributed by atoms with Crippen LogP contribution in [0, 0.1) is 13.8 Å². The molecule has 0 saturated carbocycles. The van der Waals surface area contributed by atoms with E-state index in [0.717, 1.165) is 25.1 Å². The lowest BCUT2D eigenvalue weighted by molar-refractivity contribution is 0.0927. The van der Waals surface area contributed by atoms with Gasteiger partial charge in [-0.05, 0) is 26.7 Å². The van der Waals surface area contributed by atoms with Crippen molar-refractivity contribution in [2.24, 2.45) is 0 Å². The molecule has 1 fully saturated rings. The maximum atomic E-state index is 12.2. The quantitative estimate of drug-likeness (QED) is 0.854. The van der Waals surface area contributed by atoms with E-state index in [-0.39, 0.29) is 17.5 Å². The van der Waals surface area contributed by atoms with Gasteiger partial charge in [0.2, 0.25) is 5.95 Å². The van der Waals surface area contributed by atoms with E-state index < -0.39 is 0 Å². The van der Waals surface area contributed by atoms with Crippen LogP contribution in [0.2, 0.25) is 0 Å². The molecule has 0 spiro atoms. The number of nitrogens with zero attached hydrogens (tertiary/aromatic N) is 4. The predicted octanol–water partition coefficient (Wildman–Crippen LogP) is 0.576. The fraction of sp³-hybridized carbons (Fsp3) is 0.438. The van der Waals surface area contributed by atoms with E-state index in [4.69, 9.17) is 0 Å². The van der Waals surface area contributed by atoms with Gasteiger partial charge in [0.05, 0.1) is 6.20 Å². The second kappa shape index (κ2) is 6.77. The van der Waals surface area contributed by atoms with E-state index in [1.165, 1.54) is 18.6 Å². The number of aromatic nitrogens is 4. The summed E-state index contributed by atoms with van der Waals surface area (Å²) in [4.78, 5) is 41.3. The smallest absolute Gasteiger partial charge is 0.271 e. The number of piperidine rings is 1. The molecule has 1 amide bonds. The van der Waals surface area contributed by atoms with Crippen molar-refractivity contribution in [3.8, 4) is 0 Å². The van der Waals surface area contributed by atoms with Gasteiger partial charge in [-0.15, -0.1) is 0 Å². The highest BCUT2D eigenvalue weighted by Crippen LogP contribution is 2.16. The molecule has 8 nitrogen and oxygen atoms in total. The molecule has 1 saturated heterocycles. The zero-order valence-electron chi connectivity index (χ0n) is 13.7. The Labute approximate surface area is 139 Å². The zero-order chi connectivity index (χ0) is 17.1. The Bertz CT molecular complexity index is 789. The number of anilines is 1. The molecule has 0 aliphatic carbocycles. The highest BCUT2D eigenvalue weighted by molar-refractivity contribution is 5.92. The molecule has 2 N–H and O–H groups in total. The van der Waals surface area contributed by atoms with Gasteiger partial charge in [-0.3, -0.25) is 19.6 Å². The van der Waals surface area contributed by atoms with Gasteiger partial charge in [0.25, 0.3) is 11.5 Å². The Morgan fingerprint density at radius 2 is 2.21 bits per heavy atom. The van der Waals surface area contributed by atoms with Crippen molar-refractivity contribution in [1.82, 2.24) is 25.3 Å². The fourth-order valence-corrected chi connectivity index (χ4v) is 2.74. The van der Waals surface area contributed by atoms with Crippen LogP contribution in [0.4, 0.5) is 5.95 Å². The molecule has 3 rings (SSSR count). The topological polar surface area (TPSA) is 104 Å². The van der Waals surface area contributed by atoms with Crippen molar-refractivity contribution in [2.45, 2.75) is 32.7 Å². The number of rotatable bonds is 3. The Morgan fingerprint density at radius 3 is 2.92 bits per heavy atom. The molecule has 2 aromatic heterocycles. The third kappa shape index (κ3) is 3.42. The summed E-state index contributed by atoms with van der Waals surface area (Å²) in [6.45, 7) is 4.97. The Hall–Kier alpha value is -2.77. The Kier molecular flexibility index (Phi) is 4.54. The minimum Gasteiger partial charge on any atom is -0.346 e. The van der Waals surface area contributed by atoms with Crippen LogP contribution in [-0.4, -0.2) is 45.0 Å². The first kappa shape index (κ1) is 16.1. The number of carbonyl (C=O) groups is 1. The molecule has 1 aliphatic rings. The number of hydrogen-bond acceptors (Lipinski definition) is 6. The van der Waals surface area contributed by atoms with E-state index in [0.29, 0.717) is 23.8 Å². The molecule has 3 heterocycles. The summed E-state index contributed by atoms with van der Waals surface area (Å²) in [5, 5.41) is 2.97. The lowest BCUT2D eigenvalue weighted by atomic mass is 10.1. The molecule has 1 atom stereocenters. The molecule has 2 aromatic rings. The molecule has 8 heteroatoms. The highest BCUT2D eigenvalue weighted by atomic mass is 16.2. The lowest BCUT2D eigenvalue weighted by Crippen LogP contribution is -2.48. The van der Waals surface area contributed by atoms with Gasteiger partial charge in [-0.2, -0.15) is 0 Å². The molecular formula is C16H20N6O2. The molecule has 0 aromatic carbocycles. The summed E-state index contributed by atoms with van der Waals surface area (Å²) in [6, 6.07) is -0.0276. The molecule has 0 bridgehead atoms. The first-order valence-corrected chi connectivity index (χ1v) is 7.94. The monoisotopic (exact) mass is 328 g/mol. The second-order valence-corrected chi connectivity index (χ2v) is 5.95. The van der Waals surface area contributed by atoms with E-state index in [1.54, 1.807) is 6.92 Å². The Morgan fingerprint density at radius 1 is 1.38 bits per heavy atom. The summed E-state index contributed by atoms with van der Waals surface area (Å²) < 4.78 is 0. The number of hydrogen-bond donors (Lipinski definition) is 2. The molecule has 0 unspecified atom stereocenters. The first-order chi connectivity index (χ1) is 11.5. The molecular weight excluding hydrogens is 308 g/mol. The SMILES string of the molecule is Cc1nc(N2CCC[C@@H](NC(=O)c3cnccn3)C2)[nH]c(=O)c1C. The average Bonchev–Trinajstić information content (AvgIpc) is 2.60. The number of nitrogens with one attached hydrogen (secondary N) is 2. The molecule has 24 heavy (non-hydrogen) atoms. The van der Waals surface area contributed by atoms with Gasteiger partial charge >= 0.3 is 0 Å². The van der Waals surface area contributed by atoms with E-state index in [2.05, 4.69) is 25.3 Å². The molecule has 0 radical (unpaired) electrons. The van der Waals surface area contributed by atoms with Crippen LogP contribution in [0.5, 0.6) is 0 Å². The number of carbonyl (C=O) groups excluding carboxylic acids is 1. The van der Waals surface area contributed by atoms with Crippen LogP contribution < -0.4 is 15.8 Å². The summed E-state index contributed by atoms with van der Waals surface area (Å²) in [6.07, 6.45) is 6.24. The van der Waals surface area contributed by atoms with Crippen LogP contribution in [-0.2, 0) is 0 Å². The van der Waals surface area contributed by atoms with Crippen LogP contribution in [0.15, 0.2) is 23.4 Å². The minimum absolute atomic E-state index is 0.0276. The highest BCUT2D eigenvalue weighted by Gasteiger charge is 2.24. The lowest BCUT2D eigenvalue weighted by Gasteiger charge is -2.33. The number of amides is 1. The summed E-state index contributed by atoms with van der Waals surface area (Å²) in [5.74, 6) is 0.318. The normalized spacial score (nSPS) is 17.6. The van der Waals surface area contributed by atoms with E-state index in [9.17, 15) is 9.59 Å². The average molecular weight is 328 g/mol. The van der Waals surface area contributed by atoms with Crippen LogP contribution in [0.3, 0.4) is 0 Å². The largest absolute Gasteiger partial charge is 0.346 e. The molecule has 126 valence electrons. The van der Waals surface area contributed by atoms with E-state index >= 15 is 0 Å². The van der Waals surface area contributed by atoms with Crippen molar-refractivity contribution < 1.29 is 4.79 Å². The van der Waals surface area contributed by atoms with Crippen molar-refractivity contribution in [1.29, 1.82) is 0 Å². The van der Waals surface area contributed by atoms with Crippen molar-refractivity contribution >= 4 is 11.9 Å². The zero-order valence-corrected chi connectivity index (χ0v) is 13.7. The summed E-state index contributed by atoms with van der Waals surface area (Å²) >= 11 is 0. The third-order valence-electron chi connectivity index (χ3n) is 4.23. The Balaban J connectivity index is 1.71. The van der Waals surface area contributed by atoms with Gasteiger partial charge in [0.15, 0.2) is 0 Å². The van der Waals surface area contributed by atoms with Crippen molar-refractivity contribution in [3.05, 3.63) is 45.9 Å². The maximum Gasteiger partial charge on any atom is 0.271 e. The number of aromatic amines is 1.